The molecule has 150 valence electrons. The summed E-state index contributed by atoms with van der Waals surface area (Å²) in [6.07, 6.45) is 6.71. The molecule has 0 saturated carbocycles. The molecule has 5 nitrogen and oxygen atoms in total. The number of Topliss-reactive ketones (excluding diaryl/α,β-unsaturated/α-hetero) is 1. The van der Waals surface area contributed by atoms with Crippen LogP contribution in [0.1, 0.15) is 50.0 Å². The number of hydrogen-bond donors (Lipinski definition) is 0. The van der Waals surface area contributed by atoms with Crippen molar-refractivity contribution in [3.8, 4) is 5.75 Å². The molecular weight excluding hydrogens is 350 g/mol. The monoisotopic (exact) mass is 381 g/mol. The third kappa shape index (κ3) is 5.47. The van der Waals surface area contributed by atoms with Gasteiger partial charge in [0, 0.05) is 38.8 Å². The highest BCUT2D eigenvalue weighted by molar-refractivity contribution is 5.92. The van der Waals surface area contributed by atoms with Crippen LogP contribution in [0.4, 0.5) is 11.4 Å². The van der Waals surface area contributed by atoms with Gasteiger partial charge >= 0.3 is 0 Å². The maximum Gasteiger partial charge on any atom is 0.178 e. The molecule has 0 radical (unpaired) electrons. The Bertz CT molecular complexity index is 735. The molecule has 2 heterocycles. The van der Waals surface area contributed by atoms with Crippen molar-refractivity contribution in [2.75, 3.05) is 42.6 Å². The number of hydrogen-bond acceptors (Lipinski definition) is 5. The van der Waals surface area contributed by atoms with Crippen molar-refractivity contribution in [2.45, 2.75) is 39.5 Å². The number of pyridine rings is 1. The Morgan fingerprint density at radius 3 is 2.14 bits per heavy atom. The van der Waals surface area contributed by atoms with Gasteiger partial charge in [0.15, 0.2) is 5.78 Å². The normalized spacial score (nSPS) is 14.2. The summed E-state index contributed by atoms with van der Waals surface area (Å²) >= 11 is 0. The number of anilines is 2. The second-order valence-electron chi connectivity index (χ2n) is 7.33. The van der Waals surface area contributed by atoms with Crippen molar-refractivity contribution in [1.82, 2.24) is 4.98 Å². The summed E-state index contributed by atoms with van der Waals surface area (Å²) in [4.78, 5) is 20.3. The van der Waals surface area contributed by atoms with Gasteiger partial charge in [-0.15, -0.1) is 0 Å². The predicted octanol–water partition coefficient (Wildman–Crippen LogP) is 4.57. The second-order valence-corrected chi connectivity index (χ2v) is 7.33. The van der Waals surface area contributed by atoms with Crippen LogP contribution >= 0.6 is 0 Å². The van der Waals surface area contributed by atoms with Crippen LogP contribution in [0, 0.1) is 0 Å². The molecule has 2 aromatic rings. The van der Waals surface area contributed by atoms with Crippen molar-refractivity contribution < 1.29 is 9.53 Å². The van der Waals surface area contributed by atoms with Crippen LogP contribution in [0.2, 0.25) is 0 Å². The molecule has 1 fully saturated rings. The highest BCUT2D eigenvalue weighted by Crippen LogP contribution is 2.23. The van der Waals surface area contributed by atoms with Gasteiger partial charge in [-0.3, -0.25) is 9.78 Å². The molecule has 1 aromatic carbocycles. The first-order chi connectivity index (χ1) is 13.7. The summed E-state index contributed by atoms with van der Waals surface area (Å²) in [5.41, 5.74) is 2.84. The van der Waals surface area contributed by atoms with Crippen LogP contribution in [-0.2, 0) is 0 Å². The molecule has 1 aliphatic heterocycles. The molecular formula is C23H31N3O2. The Labute approximate surface area is 168 Å². The second kappa shape index (κ2) is 10.1. The summed E-state index contributed by atoms with van der Waals surface area (Å²) in [5, 5.41) is 0. The number of carbonyl (C=O) groups excluding carboxylic acids is 1. The van der Waals surface area contributed by atoms with E-state index in [0.29, 0.717) is 5.69 Å². The van der Waals surface area contributed by atoms with Crippen LogP contribution in [0.3, 0.4) is 0 Å². The average Bonchev–Trinajstić information content (AvgIpc) is 2.74. The Hall–Kier alpha value is -2.56. The number of carbonyl (C=O) groups is 1. The molecule has 1 saturated heterocycles. The Kier molecular flexibility index (Phi) is 7.29. The Balaban J connectivity index is 1.47. The quantitative estimate of drug-likeness (QED) is 0.470. The lowest BCUT2D eigenvalue weighted by molar-refractivity contribution is 0.101. The van der Waals surface area contributed by atoms with Gasteiger partial charge in [0.05, 0.1) is 18.5 Å². The van der Waals surface area contributed by atoms with E-state index in [-0.39, 0.29) is 5.78 Å². The first-order valence-corrected chi connectivity index (χ1v) is 10.4. The van der Waals surface area contributed by atoms with Crippen LogP contribution in [-0.4, -0.2) is 43.6 Å². The molecule has 1 aromatic heterocycles. The highest BCUT2D eigenvalue weighted by Gasteiger charge is 2.18. The number of unbranched alkanes of at least 4 members (excludes halogenated alkanes) is 3. The van der Waals surface area contributed by atoms with Gasteiger partial charge in [-0.25, -0.2) is 0 Å². The maximum atomic E-state index is 11.4. The summed E-state index contributed by atoms with van der Waals surface area (Å²) in [6, 6.07) is 12.3. The van der Waals surface area contributed by atoms with Crippen LogP contribution in [0.5, 0.6) is 5.75 Å². The number of aromatic nitrogens is 1. The molecule has 0 unspecified atom stereocenters. The summed E-state index contributed by atoms with van der Waals surface area (Å²) < 4.78 is 5.84. The van der Waals surface area contributed by atoms with Gasteiger partial charge in [-0.05, 0) is 42.8 Å². The largest absolute Gasteiger partial charge is 0.494 e. The van der Waals surface area contributed by atoms with Crippen LogP contribution in [0.15, 0.2) is 42.6 Å². The van der Waals surface area contributed by atoms with E-state index in [1.165, 1.54) is 24.9 Å². The van der Waals surface area contributed by atoms with E-state index in [0.717, 1.165) is 50.6 Å². The molecule has 1 aliphatic rings. The fourth-order valence-corrected chi connectivity index (χ4v) is 3.48. The zero-order valence-corrected chi connectivity index (χ0v) is 17.1. The molecule has 3 rings (SSSR count). The van der Waals surface area contributed by atoms with E-state index < -0.39 is 0 Å². The Morgan fingerprint density at radius 2 is 1.57 bits per heavy atom. The summed E-state index contributed by atoms with van der Waals surface area (Å²) in [6.45, 7) is 8.38. The number of nitrogens with zero attached hydrogens (tertiary/aromatic N) is 3. The predicted molar refractivity (Wildman–Crippen MR) is 115 cm³/mol. The first kappa shape index (κ1) is 20.2. The number of ether oxygens (including phenoxy) is 1. The number of rotatable bonds is 9. The van der Waals surface area contributed by atoms with E-state index in [1.54, 1.807) is 13.1 Å². The first-order valence-electron chi connectivity index (χ1n) is 10.4. The SMILES string of the molecule is CCCCCCOc1ccc(N2CCN(c3ccc(C(C)=O)nc3)CC2)cc1. The molecule has 0 N–H and O–H groups in total. The van der Waals surface area contributed by atoms with E-state index in [4.69, 9.17) is 4.74 Å². The minimum atomic E-state index is 0.00440. The zero-order chi connectivity index (χ0) is 19.8. The third-order valence-electron chi connectivity index (χ3n) is 5.22. The maximum absolute atomic E-state index is 11.4. The van der Waals surface area contributed by atoms with E-state index >= 15 is 0 Å². The van der Waals surface area contributed by atoms with E-state index in [1.807, 2.05) is 12.1 Å². The summed E-state index contributed by atoms with van der Waals surface area (Å²) in [7, 11) is 0. The lowest BCUT2D eigenvalue weighted by Crippen LogP contribution is -2.46. The van der Waals surface area contributed by atoms with Gasteiger partial charge in [0.1, 0.15) is 11.4 Å². The number of piperazine rings is 1. The molecule has 0 bridgehead atoms. The van der Waals surface area contributed by atoms with E-state index in [2.05, 4.69) is 46.0 Å². The van der Waals surface area contributed by atoms with Gasteiger partial charge in [-0.2, -0.15) is 0 Å². The average molecular weight is 382 g/mol. The fraction of sp³-hybridized carbons (Fsp3) is 0.478. The topological polar surface area (TPSA) is 45.7 Å². The molecule has 0 amide bonds. The lowest BCUT2D eigenvalue weighted by Gasteiger charge is -2.37. The minimum Gasteiger partial charge on any atom is -0.494 e. The fourth-order valence-electron chi connectivity index (χ4n) is 3.48. The smallest absolute Gasteiger partial charge is 0.178 e. The molecule has 0 spiro atoms. The molecule has 0 aliphatic carbocycles. The molecule has 5 heteroatoms. The summed E-state index contributed by atoms with van der Waals surface area (Å²) in [5.74, 6) is 0.959. The number of ketones is 1. The standard InChI is InChI=1S/C23H31N3O2/c1-3-4-5-6-17-28-22-10-7-20(8-11-22)25-13-15-26(16-14-25)21-9-12-23(19(2)27)24-18-21/h7-12,18H,3-6,13-17H2,1-2H3. The van der Waals surface area contributed by atoms with Gasteiger partial charge in [0.25, 0.3) is 0 Å². The minimum absolute atomic E-state index is 0.00440. The van der Waals surface area contributed by atoms with E-state index in [9.17, 15) is 4.79 Å². The number of benzene rings is 1. The van der Waals surface area contributed by atoms with Crippen LogP contribution in [0.25, 0.3) is 0 Å². The molecule has 0 atom stereocenters. The molecule has 28 heavy (non-hydrogen) atoms. The van der Waals surface area contributed by atoms with Crippen molar-refractivity contribution in [3.63, 3.8) is 0 Å². The zero-order valence-electron chi connectivity index (χ0n) is 17.1. The van der Waals surface area contributed by atoms with Crippen molar-refractivity contribution in [1.29, 1.82) is 0 Å². The van der Waals surface area contributed by atoms with Gasteiger partial charge in [-0.1, -0.05) is 26.2 Å². The van der Waals surface area contributed by atoms with Crippen molar-refractivity contribution in [3.05, 3.63) is 48.3 Å². The Morgan fingerprint density at radius 1 is 0.929 bits per heavy atom. The van der Waals surface area contributed by atoms with Crippen molar-refractivity contribution >= 4 is 17.2 Å². The van der Waals surface area contributed by atoms with Crippen LogP contribution < -0.4 is 14.5 Å². The lowest BCUT2D eigenvalue weighted by atomic mass is 10.2. The highest BCUT2D eigenvalue weighted by atomic mass is 16.5. The van der Waals surface area contributed by atoms with Gasteiger partial charge < -0.3 is 14.5 Å². The third-order valence-corrected chi connectivity index (χ3v) is 5.22. The van der Waals surface area contributed by atoms with Gasteiger partial charge in [0.2, 0.25) is 0 Å². The van der Waals surface area contributed by atoms with Crippen molar-refractivity contribution in [2.24, 2.45) is 0 Å².